The Kier molecular flexibility index (Phi) is 4.28. The number of nitrogens with one attached hydrogen (secondary N) is 1. The first-order chi connectivity index (χ1) is 13.6. The Labute approximate surface area is 163 Å². The molecule has 1 spiro atoms. The monoisotopic (exact) mass is 383 g/mol. The Bertz CT molecular complexity index is 844. The van der Waals surface area contributed by atoms with E-state index < -0.39 is 0 Å². The van der Waals surface area contributed by atoms with E-state index in [2.05, 4.69) is 32.0 Å². The highest BCUT2D eigenvalue weighted by molar-refractivity contribution is 5.94. The second-order valence-electron chi connectivity index (χ2n) is 8.14. The molecule has 0 saturated carbocycles. The molecule has 3 saturated heterocycles. The number of aromatic nitrogens is 4. The van der Waals surface area contributed by atoms with E-state index in [0.29, 0.717) is 11.5 Å². The van der Waals surface area contributed by atoms with Crippen LogP contribution in [0.5, 0.6) is 0 Å². The standard InChI is InChI=1S/C19H25N7O2/c1-24-10-15(16-2-3-20-18(23-16)25-4-6-28-7-5-25)19(11-24)12-26(13-19)17(27)14-8-21-22-9-14/h2-3,8-9,15H,4-7,10-13H2,1H3,(H,21,22). The third kappa shape index (κ3) is 2.94. The zero-order valence-corrected chi connectivity index (χ0v) is 16.0. The lowest BCUT2D eigenvalue weighted by Gasteiger charge is -2.50. The maximum atomic E-state index is 12.6. The van der Waals surface area contributed by atoms with Gasteiger partial charge in [0.2, 0.25) is 5.95 Å². The summed E-state index contributed by atoms with van der Waals surface area (Å²) in [6.07, 6.45) is 5.11. The van der Waals surface area contributed by atoms with Gasteiger partial charge in [-0.1, -0.05) is 0 Å². The third-order valence-corrected chi connectivity index (χ3v) is 6.18. The SMILES string of the molecule is CN1CC(c2ccnc(N3CCOCC3)n2)C2(C1)CN(C(=O)c1cn[nH]c1)C2. The number of morpholine rings is 1. The predicted octanol–water partition coefficient (Wildman–Crippen LogP) is 0.208. The summed E-state index contributed by atoms with van der Waals surface area (Å²) in [4.78, 5) is 28.5. The van der Waals surface area contributed by atoms with Gasteiger partial charge in [-0.3, -0.25) is 9.89 Å². The van der Waals surface area contributed by atoms with Crippen LogP contribution >= 0.6 is 0 Å². The zero-order chi connectivity index (χ0) is 19.1. The molecule has 1 atom stereocenters. The molecule has 5 rings (SSSR count). The van der Waals surface area contributed by atoms with E-state index in [1.54, 1.807) is 12.4 Å². The molecule has 0 bridgehead atoms. The number of H-pyrrole nitrogens is 1. The van der Waals surface area contributed by atoms with Gasteiger partial charge in [0, 0.05) is 63.0 Å². The second kappa shape index (κ2) is 6.82. The highest BCUT2D eigenvalue weighted by atomic mass is 16.5. The van der Waals surface area contributed by atoms with Gasteiger partial charge in [-0.2, -0.15) is 5.10 Å². The molecule has 1 N–H and O–H groups in total. The Morgan fingerprint density at radius 3 is 2.86 bits per heavy atom. The van der Waals surface area contributed by atoms with E-state index in [1.807, 2.05) is 17.2 Å². The van der Waals surface area contributed by atoms with Crippen molar-refractivity contribution in [1.29, 1.82) is 0 Å². The molecule has 0 aromatic carbocycles. The largest absolute Gasteiger partial charge is 0.378 e. The summed E-state index contributed by atoms with van der Waals surface area (Å²) < 4.78 is 5.44. The van der Waals surface area contributed by atoms with Crippen LogP contribution in [0.1, 0.15) is 22.0 Å². The van der Waals surface area contributed by atoms with Gasteiger partial charge in [-0.15, -0.1) is 0 Å². The van der Waals surface area contributed by atoms with Gasteiger partial charge < -0.3 is 19.4 Å². The van der Waals surface area contributed by atoms with Gasteiger partial charge in [0.1, 0.15) is 0 Å². The number of ether oxygens (including phenoxy) is 1. The van der Waals surface area contributed by atoms with Crippen molar-refractivity contribution in [1.82, 2.24) is 30.0 Å². The molecule has 1 unspecified atom stereocenters. The van der Waals surface area contributed by atoms with E-state index >= 15 is 0 Å². The van der Waals surface area contributed by atoms with Gasteiger partial charge in [0.05, 0.1) is 30.7 Å². The van der Waals surface area contributed by atoms with Crippen molar-refractivity contribution in [2.24, 2.45) is 5.41 Å². The minimum absolute atomic E-state index is 0.0457. The first kappa shape index (κ1) is 17.6. The van der Waals surface area contributed by atoms with Gasteiger partial charge in [-0.05, 0) is 13.1 Å². The van der Waals surface area contributed by atoms with Crippen molar-refractivity contribution in [3.8, 4) is 0 Å². The number of anilines is 1. The smallest absolute Gasteiger partial charge is 0.257 e. The molecule has 2 aromatic heterocycles. The van der Waals surface area contributed by atoms with Gasteiger partial charge in [0.25, 0.3) is 5.91 Å². The number of likely N-dealkylation sites (N-methyl/N-ethyl adjacent to an activating group) is 1. The number of likely N-dealkylation sites (tertiary alicyclic amines) is 2. The maximum Gasteiger partial charge on any atom is 0.257 e. The second-order valence-corrected chi connectivity index (χ2v) is 8.14. The molecule has 5 heterocycles. The molecule has 9 heteroatoms. The summed E-state index contributed by atoms with van der Waals surface area (Å²) in [6.45, 7) is 6.52. The van der Waals surface area contributed by atoms with Crippen LogP contribution in [0.25, 0.3) is 0 Å². The molecule has 1 amide bonds. The minimum Gasteiger partial charge on any atom is -0.378 e. The molecule has 3 aliphatic heterocycles. The molecule has 148 valence electrons. The van der Waals surface area contributed by atoms with E-state index in [1.165, 1.54) is 0 Å². The maximum absolute atomic E-state index is 12.6. The van der Waals surface area contributed by atoms with Crippen molar-refractivity contribution < 1.29 is 9.53 Å². The van der Waals surface area contributed by atoms with Crippen molar-refractivity contribution in [3.05, 3.63) is 35.9 Å². The fourth-order valence-electron chi connectivity index (χ4n) is 4.82. The van der Waals surface area contributed by atoms with Gasteiger partial charge >= 0.3 is 0 Å². The summed E-state index contributed by atoms with van der Waals surface area (Å²) in [6, 6.07) is 2.04. The quantitative estimate of drug-likeness (QED) is 0.810. The molecule has 3 fully saturated rings. The number of carbonyl (C=O) groups excluding carboxylic acids is 1. The van der Waals surface area contributed by atoms with E-state index in [9.17, 15) is 4.79 Å². The lowest BCUT2D eigenvalue weighted by Crippen LogP contribution is -2.61. The van der Waals surface area contributed by atoms with Crippen molar-refractivity contribution in [2.75, 3.05) is 64.4 Å². The zero-order valence-electron chi connectivity index (χ0n) is 16.0. The molecule has 9 nitrogen and oxygen atoms in total. The third-order valence-electron chi connectivity index (χ3n) is 6.18. The number of hydrogen-bond acceptors (Lipinski definition) is 7. The fraction of sp³-hybridized carbons (Fsp3) is 0.579. The lowest BCUT2D eigenvalue weighted by atomic mass is 9.70. The van der Waals surface area contributed by atoms with Crippen LogP contribution in [0, 0.1) is 5.41 Å². The van der Waals surface area contributed by atoms with Crippen molar-refractivity contribution >= 4 is 11.9 Å². The molecule has 28 heavy (non-hydrogen) atoms. The highest BCUT2D eigenvalue weighted by Crippen LogP contribution is 2.48. The number of nitrogens with zero attached hydrogens (tertiary/aromatic N) is 6. The van der Waals surface area contributed by atoms with Crippen LogP contribution in [0.2, 0.25) is 0 Å². The van der Waals surface area contributed by atoms with Crippen LogP contribution in [0.4, 0.5) is 5.95 Å². The Hall–Kier alpha value is -2.52. The summed E-state index contributed by atoms with van der Waals surface area (Å²) in [5.41, 5.74) is 1.76. The Balaban J connectivity index is 1.35. The average Bonchev–Trinajstić information content (AvgIpc) is 3.35. The summed E-state index contributed by atoms with van der Waals surface area (Å²) in [5.74, 6) is 1.13. The van der Waals surface area contributed by atoms with Crippen LogP contribution in [-0.4, -0.2) is 95.4 Å². The number of carbonyl (C=O) groups is 1. The highest BCUT2D eigenvalue weighted by Gasteiger charge is 2.55. The Morgan fingerprint density at radius 2 is 2.11 bits per heavy atom. The molecular weight excluding hydrogens is 358 g/mol. The summed E-state index contributed by atoms with van der Waals surface area (Å²) in [5, 5.41) is 6.61. The van der Waals surface area contributed by atoms with Gasteiger partial charge in [-0.25, -0.2) is 9.97 Å². The molecule has 0 radical (unpaired) electrons. The fourth-order valence-corrected chi connectivity index (χ4v) is 4.82. The van der Waals surface area contributed by atoms with Crippen LogP contribution in [0.15, 0.2) is 24.7 Å². The minimum atomic E-state index is 0.0457. The number of aromatic amines is 1. The average molecular weight is 383 g/mol. The summed E-state index contributed by atoms with van der Waals surface area (Å²) >= 11 is 0. The predicted molar refractivity (Wildman–Crippen MR) is 102 cm³/mol. The number of rotatable bonds is 3. The van der Waals surface area contributed by atoms with Crippen LogP contribution < -0.4 is 4.90 Å². The van der Waals surface area contributed by atoms with Crippen LogP contribution in [0.3, 0.4) is 0 Å². The number of amides is 1. The van der Waals surface area contributed by atoms with Crippen molar-refractivity contribution in [2.45, 2.75) is 5.92 Å². The van der Waals surface area contributed by atoms with E-state index in [4.69, 9.17) is 9.72 Å². The number of hydrogen-bond donors (Lipinski definition) is 1. The molecular formula is C19H25N7O2. The lowest BCUT2D eigenvalue weighted by molar-refractivity contribution is 0.00354. The van der Waals surface area contributed by atoms with Crippen molar-refractivity contribution in [3.63, 3.8) is 0 Å². The Morgan fingerprint density at radius 1 is 1.29 bits per heavy atom. The normalized spacial score (nSPS) is 24.5. The van der Waals surface area contributed by atoms with E-state index in [-0.39, 0.29) is 11.3 Å². The molecule has 3 aliphatic rings. The molecule has 0 aliphatic carbocycles. The van der Waals surface area contributed by atoms with Crippen LogP contribution in [-0.2, 0) is 4.74 Å². The van der Waals surface area contributed by atoms with Gasteiger partial charge in [0.15, 0.2) is 0 Å². The first-order valence-corrected chi connectivity index (χ1v) is 9.77. The topological polar surface area (TPSA) is 90.5 Å². The molecule has 2 aromatic rings. The first-order valence-electron chi connectivity index (χ1n) is 9.77. The summed E-state index contributed by atoms with van der Waals surface area (Å²) in [7, 11) is 2.15. The van der Waals surface area contributed by atoms with E-state index in [0.717, 1.165) is 64.1 Å².